The van der Waals surface area contributed by atoms with Gasteiger partial charge in [-0.25, -0.2) is 0 Å². The molecule has 110 valence electrons. The first kappa shape index (κ1) is 15.1. The van der Waals surface area contributed by atoms with Gasteiger partial charge in [0, 0.05) is 19.7 Å². The molecule has 0 saturated heterocycles. The molecule has 0 spiro atoms. The molecule has 2 aromatic rings. The van der Waals surface area contributed by atoms with Crippen LogP contribution in [0.15, 0.2) is 48.5 Å². The fourth-order valence-corrected chi connectivity index (χ4v) is 1.98. The van der Waals surface area contributed by atoms with Gasteiger partial charge in [0.2, 0.25) is 0 Å². The smallest absolute Gasteiger partial charge is 0.253 e. The molecule has 0 aliphatic heterocycles. The minimum Gasteiger partial charge on any atom is -0.457 e. The van der Waals surface area contributed by atoms with Crippen molar-refractivity contribution in [2.75, 3.05) is 14.1 Å². The van der Waals surface area contributed by atoms with Crippen molar-refractivity contribution in [1.82, 2.24) is 4.90 Å². The zero-order valence-corrected chi connectivity index (χ0v) is 13.0. The van der Waals surface area contributed by atoms with Gasteiger partial charge in [-0.15, -0.1) is 0 Å². The third kappa shape index (κ3) is 3.85. The highest BCUT2D eigenvalue weighted by atomic mass is 16.5. The third-order valence-corrected chi connectivity index (χ3v) is 3.29. The van der Waals surface area contributed by atoms with Crippen molar-refractivity contribution in [3.8, 4) is 11.5 Å². The Labute approximate surface area is 126 Å². The molecule has 21 heavy (non-hydrogen) atoms. The van der Waals surface area contributed by atoms with Crippen LogP contribution in [0.2, 0.25) is 0 Å². The van der Waals surface area contributed by atoms with Crippen LogP contribution in [0.3, 0.4) is 0 Å². The molecule has 0 unspecified atom stereocenters. The zero-order chi connectivity index (χ0) is 15.4. The first-order chi connectivity index (χ1) is 9.97. The fourth-order valence-electron chi connectivity index (χ4n) is 1.98. The van der Waals surface area contributed by atoms with Crippen LogP contribution >= 0.6 is 0 Å². The Balaban J connectivity index is 2.08. The molecule has 0 bridgehead atoms. The van der Waals surface area contributed by atoms with E-state index in [2.05, 4.69) is 26.0 Å². The van der Waals surface area contributed by atoms with Gasteiger partial charge in [-0.05, 0) is 47.9 Å². The van der Waals surface area contributed by atoms with Gasteiger partial charge in [-0.2, -0.15) is 0 Å². The Kier molecular flexibility index (Phi) is 4.63. The van der Waals surface area contributed by atoms with Crippen molar-refractivity contribution >= 4 is 5.91 Å². The molecule has 0 aliphatic carbocycles. The Morgan fingerprint density at radius 3 is 1.81 bits per heavy atom. The summed E-state index contributed by atoms with van der Waals surface area (Å²) in [5.74, 6) is 2.02. The van der Waals surface area contributed by atoms with Crippen LogP contribution in [0.25, 0.3) is 0 Å². The summed E-state index contributed by atoms with van der Waals surface area (Å²) >= 11 is 0. The van der Waals surface area contributed by atoms with Crippen LogP contribution in [0.5, 0.6) is 11.5 Å². The Bertz CT molecular complexity index is 598. The van der Waals surface area contributed by atoms with Crippen LogP contribution in [-0.2, 0) is 0 Å². The third-order valence-electron chi connectivity index (χ3n) is 3.29. The number of carbonyl (C=O) groups excluding carboxylic acids is 1. The molecular formula is C18H21NO2. The largest absolute Gasteiger partial charge is 0.457 e. The lowest BCUT2D eigenvalue weighted by Gasteiger charge is -2.11. The molecule has 0 aromatic heterocycles. The molecule has 0 aliphatic rings. The molecule has 0 heterocycles. The van der Waals surface area contributed by atoms with Crippen molar-refractivity contribution in [2.24, 2.45) is 0 Å². The monoisotopic (exact) mass is 283 g/mol. The first-order valence-corrected chi connectivity index (χ1v) is 7.07. The maximum absolute atomic E-state index is 11.8. The second-order valence-corrected chi connectivity index (χ2v) is 5.55. The average Bonchev–Trinajstić information content (AvgIpc) is 2.47. The number of carbonyl (C=O) groups is 1. The molecule has 0 saturated carbocycles. The van der Waals surface area contributed by atoms with E-state index in [-0.39, 0.29) is 5.91 Å². The highest BCUT2D eigenvalue weighted by Crippen LogP contribution is 2.24. The molecule has 3 nitrogen and oxygen atoms in total. The van der Waals surface area contributed by atoms with Gasteiger partial charge >= 0.3 is 0 Å². The molecular weight excluding hydrogens is 262 g/mol. The quantitative estimate of drug-likeness (QED) is 0.837. The van der Waals surface area contributed by atoms with Crippen molar-refractivity contribution in [1.29, 1.82) is 0 Å². The van der Waals surface area contributed by atoms with Gasteiger partial charge in [-0.1, -0.05) is 26.0 Å². The lowest BCUT2D eigenvalue weighted by Crippen LogP contribution is -2.21. The molecule has 2 rings (SSSR count). The summed E-state index contributed by atoms with van der Waals surface area (Å²) in [6, 6.07) is 15.3. The summed E-state index contributed by atoms with van der Waals surface area (Å²) in [6.07, 6.45) is 0. The van der Waals surface area contributed by atoms with Crippen LogP contribution in [0.4, 0.5) is 0 Å². The lowest BCUT2D eigenvalue weighted by atomic mass is 10.0. The number of nitrogens with zero attached hydrogens (tertiary/aromatic N) is 1. The van der Waals surface area contributed by atoms with Gasteiger partial charge in [0.15, 0.2) is 0 Å². The number of ether oxygens (including phenoxy) is 1. The van der Waals surface area contributed by atoms with Crippen molar-refractivity contribution in [2.45, 2.75) is 19.8 Å². The Morgan fingerprint density at radius 2 is 1.38 bits per heavy atom. The van der Waals surface area contributed by atoms with E-state index in [1.54, 1.807) is 31.1 Å². The van der Waals surface area contributed by atoms with Crippen LogP contribution in [0.1, 0.15) is 35.7 Å². The molecule has 0 atom stereocenters. The Morgan fingerprint density at radius 1 is 0.905 bits per heavy atom. The van der Waals surface area contributed by atoms with E-state index in [4.69, 9.17) is 4.74 Å². The number of benzene rings is 2. The molecule has 0 radical (unpaired) electrons. The fraction of sp³-hybridized carbons (Fsp3) is 0.278. The molecule has 0 fully saturated rings. The summed E-state index contributed by atoms with van der Waals surface area (Å²) in [4.78, 5) is 13.4. The number of amides is 1. The lowest BCUT2D eigenvalue weighted by molar-refractivity contribution is 0.0827. The van der Waals surface area contributed by atoms with E-state index >= 15 is 0 Å². The van der Waals surface area contributed by atoms with Gasteiger partial charge in [-0.3, -0.25) is 4.79 Å². The van der Waals surface area contributed by atoms with Gasteiger partial charge in [0.1, 0.15) is 11.5 Å². The Hall–Kier alpha value is -2.29. The SMILES string of the molecule is CC(C)c1ccc(Oc2ccc(C(=O)N(C)C)cc2)cc1. The van der Waals surface area contributed by atoms with E-state index in [0.29, 0.717) is 11.5 Å². The normalized spacial score (nSPS) is 10.5. The van der Waals surface area contributed by atoms with E-state index in [9.17, 15) is 4.79 Å². The van der Waals surface area contributed by atoms with Gasteiger partial charge < -0.3 is 9.64 Å². The van der Waals surface area contributed by atoms with Crippen molar-refractivity contribution in [3.63, 3.8) is 0 Å². The highest BCUT2D eigenvalue weighted by molar-refractivity contribution is 5.93. The predicted octanol–water partition coefficient (Wildman–Crippen LogP) is 4.30. The van der Waals surface area contributed by atoms with E-state index < -0.39 is 0 Å². The minimum atomic E-state index is -0.0113. The summed E-state index contributed by atoms with van der Waals surface area (Å²) in [5.41, 5.74) is 1.94. The first-order valence-electron chi connectivity index (χ1n) is 7.07. The number of rotatable bonds is 4. The topological polar surface area (TPSA) is 29.5 Å². The maximum Gasteiger partial charge on any atom is 0.253 e. The number of hydrogen-bond donors (Lipinski definition) is 0. The second-order valence-electron chi connectivity index (χ2n) is 5.55. The van der Waals surface area contributed by atoms with E-state index in [1.807, 2.05) is 24.3 Å². The summed E-state index contributed by atoms with van der Waals surface area (Å²) in [6.45, 7) is 4.33. The van der Waals surface area contributed by atoms with Crippen LogP contribution < -0.4 is 4.74 Å². The summed E-state index contributed by atoms with van der Waals surface area (Å²) < 4.78 is 5.78. The summed E-state index contributed by atoms with van der Waals surface area (Å²) in [5, 5.41) is 0. The number of hydrogen-bond acceptors (Lipinski definition) is 2. The van der Waals surface area contributed by atoms with E-state index in [0.717, 1.165) is 11.5 Å². The van der Waals surface area contributed by atoms with E-state index in [1.165, 1.54) is 5.56 Å². The molecule has 3 heteroatoms. The van der Waals surface area contributed by atoms with Gasteiger partial charge in [0.25, 0.3) is 5.91 Å². The van der Waals surface area contributed by atoms with Crippen LogP contribution in [-0.4, -0.2) is 24.9 Å². The zero-order valence-electron chi connectivity index (χ0n) is 13.0. The predicted molar refractivity (Wildman–Crippen MR) is 85.1 cm³/mol. The average molecular weight is 283 g/mol. The standard InChI is InChI=1S/C18H21NO2/c1-13(2)14-5-9-16(10-6-14)21-17-11-7-15(8-12-17)18(20)19(3)4/h5-13H,1-4H3. The van der Waals surface area contributed by atoms with Gasteiger partial charge in [0.05, 0.1) is 0 Å². The molecule has 1 amide bonds. The van der Waals surface area contributed by atoms with Crippen molar-refractivity contribution < 1.29 is 9.53 Å². The van der Waals surface area contributed by atoms with Crippen LogP contribution in [0, 0.1) is 0 Å². The molecule has 2 aromatic carbocycles. The highest BCUT2D eigenvalue weighted by Gasteiger charge is 2.07. The minimum absolute atomic E-state index is 0.0113. The van der Waals surface area contributed by atoms with Crippen molar-refractivity contribution in [3.05, 3.63) is 59.7 Å². The molecule has 0 N–H and O–H groups in total. The summed E-state index contributed by atoms with van der Waals surface area (Å²) in [7, 11) is 3.48. The maximum atomic E-state index is 11.8. The second kappa shape index (κ2) is 6.44.